The number of aryl methyl sites for hydroxylation is 1. The number of hydrogen-bond donors (Lipinski definition) is 0. The molecule has 0 bridgehead atoms. The van der Waals surface area contributed by atoms with Crippen molar-refractivity contribution in [2.45, 2.75) is 38.5 Å². The average molecular weight is 178 g/mol. The molecule has 1 aliphatic carbocycles. The van der Waals surface area contributed by atoms with Crippen LogP contribution in [0.2, 0.25) is 0 Å². The van der Waals surface area contributed by atoms with Gasteiger partial charge in [0.25, 0.3) is 0 Å². The standard InChI is InChI=1S/C12H15F/c1-2-9-4-3-5-10-6-7-11(13)8-12(9)10/h6-9H,2-5H2,1H3. The number of hydrogen-bond acceptors (Lipinski definition) is 0. The highest BCUT2D eigenvalue weighted by Crippen LogP contribution is 2.33. The van der Waals surface area contributed by atoms with E-state index < -0.39 is 0 Å². The summed E-state index contributed by atoms with van der Waals surface area (Å²) in [6.07, 6.45) is 4.76. The fraction of sp³-hybridized carbons (Fsp3) is 0.500. The maximum absolute atomic E-state index is 13.0. The molecule has 1 unspecified atom stereocenters. The fourth-order valence-electron chi connectivity index (χ4n) is 2.29. The molecule has 1 aromatic rings. The SMILES string of the molecule is CCC1CCCc2ccc(F)cc21. The van der Waals surface area contributed by atoms with Crippen LogP contribution >= 0.6 is 0 Å². The third-order valence-electron chi connectivity index (χ3n) is 3.04. The van der Waals surface area contributed by atoms with Gasteiger partial charge in [-0.25, -0.2) is 4.39 Å². The van der Waals surface area contributed by atoms with Gasteiger partial charge in [0.1, 0.15) is 5.82 Å². The van der Waals surface area contributed by atoms with Crippen LogP contribution in [0.5, 0.6) is 0 Å². The van der Waals surface area contributed by atoms with Crippen LogP contribution in [0.25, 0.3) is 0 Å². The second-order valence-electron chi connectivity index (χ2n) is 3.84. The van der Waals surface area contributed by atoms with Gasteiger partial charge in [-0.2, -0.15) is 0 Å². The van der Waals surface area contributed by atoms with Crippen LogP contribution in [-0.2, 0) is 6.42 Å². The summed E-state index contributed by atoms with van der Waals surface area (Å²) in [6, 6.07) is 5.26. The molecule has 1 heteroatoms. The minimum Gasteiger partial charge on any atom is -0.207 e. The highest BCUT2D eigenvalue weighted by molar-refractivity contribution is 5.33. The van der Waals surface area contributed by atoms with Crippen LogP contribution in [0.3, 0.4) is 0 Å². The molecule has 0 nitrogen and oxygen atoms in total. The largest absolute Gasteiger partial charge is 0.207 e. The van der Waals surface area contributed by atoms with Crippen molar-refractivity contribution in [3.8, 4) is 0 Å². The van der Waals surface area contributed by atoms with Gasteiger partial charge in [-0.15, -0.1) is 0 Å². The topological polar surface area (TPSA) is 0 Å². The first-order valence-corrected chi connectivity index (χ1v) is 5.09. The van der Waals surface area contributed by atoms with Crippen LogP contribution < -0.4 is 0 Å². The van der Waals surface area contributed by atoms with Crippen molar-refractivity contribution in [2.75, 3.05) is 0 Å². The molecule has 0 fully saturated rings. The monoisotopic (exact) mass is 178 g/mol. The molecule has 1 atom stereocenters. The van der Waals surface area contributed by atoms with Gasteiger partial charge in [-0.05, 0) is 54.9 Å². The highest BCUT2D eigenvalue weighted by atomic mass is 19.1. The Bertz CT molecular complexity index is 304. The molecular weight excluding hydrogens is 163 g/mol. The van der Waals surface area contributed by atoms with Gasteiger partial charge >= 0.3 is 0 Å². The molecule has 1 aromatic carbocycles. The van der Waals surface area contributed by atoms with Crippen molar-refractivity contribution in [3.05, 3.63) is 35.1 Å². The summed E-state index contributed by atoms with van der Waals surface area (Å²) in [5, 5.41) is 0. The van der Waals surface area contributed by atoms with E-state index in [4.69, 9.17) is 0 Å². The molecule has 2 rings (SSSR count). The van der Waals surface area contributed by atoms with E-state index in [0.29, 0.717) is 5.92 Å². The van der Waals surface area contributed by atoms with Gasteiger partial charge in [-0.3, -0.25) is 0 Å². The molecule has 0 aromatic heterocycles. The molecule has 0 heterocycles. The van der Waals surface area contributed by atoms with Gasteiger partial charge in [-0.1, -0.05) is 13.0 Å². The number of rotatable bonds is 1. The van der Waals surface area contributed by atoms with Crippen molar-refractivity contribution in [3.63, 3.8) is 0 Å². The minimum atomic E-state index is -0.0842. The maximum Gasteiger partial charge on any atom is 0.123 e. The normalized spacial score (nSPS) is 21.2. The molecule has 0 amide bonds. The summed E-state index contributed by atoms with van der Waals surface area (Å²) >= 11 is 0. The van der Waals surface area contributed by atoms with Gasteiger partial charge in [0.2, 0.25) is 0 Å². The summed E-state index contributed by atoms with van der Waals surface area (Å²) in [6.45, 7) is 2.19. The van der Waals surface area contributed by atoms with E-state index in [1.165, 1.54) is 24.0 Å². The van der Waals surface area contributed by atoms with E-state index in [9.17, 15) is 4.39 Å². The molecule has 0 saturated carbocycles. The summed E-state index contributed by atoms with van der Waals surface area (Å²) in [7, 11) is 0. The van der Waals surface area contributed by atoms with Crippen molar-refractivity contribution >= 4 is 0 Å². The number of halogens is 1. The van der Waals surface area contributed by atoms with Crippen molar-refractivity contribution in [1.29, 1.82) is 0 Å². The van der Waals surface area contributed by atoms with E-state index in [-0.39, 0.29) is 5.82 Å². The van der Waals surface area contributed by atoms with Gasteiger partial charge in [0.05, 0.1) is 0 Å². The zero-order valence-electron chi connectivity index (χ0n) is 8.02. The lowest BCUT2D eigenvalue weighted by atomic mass is 9.81. The van der Waals surface area contributed by atoms with Crippen LogP contribution in [0, 0.1) is 5.82 Å². The Labute approximate surface area is 78.8 Å². The van der Waals surface area contributed by atoms with Crippen LogP contribution in [0.4, 0.5) is 4.39 Å². The first-order valence-electron chi connectivity index (χ1n) is 5.09. The maximum atomic E-state index is 13.0. The highest BCUT2D eigenvalue weighted by Gasteiger charge is 2.18. The Morgan fingerprint density at radius 1 is 1.46 bits per heavy atom. The quantitative estimate of drug-likeness (QED) is 0.615. The second kappa shape index (κ2) is 3.49. The van der Waals surface area contributed by atoms with Crippen molar-refractivity contribution in [1.82, 2.24) is 0 Å². The van der Waals surface area contributed by atoms with Crippen molar-refractivity contribution < 1.29 is 4.39 Å². The molecule has 0 saturated heterocycles. The molecule has 0 radical (unpaired) electrons. The molecule has 70 valence electrons. The third-order valence-corrected chi connectivity index (χ3v) is 3.04. The van der Waals surface area contributed by atoms with E-state index in [0.717, 1.165) is 12.8 Å². The Balaban J connectivity index is 2.41. The number of fused-ring (bicyclic) bond motifs is 1. The number of benzene rings is 1. The molecule has 1 aliphatic rings. The fourth-order valence-corrected chi connectivity index (χ4v) is 2.29. The lowest BCUT2D eigenvalue weighted by Crippen LogP contribution is -2.09. The predicted octanol–water partition coefficient (Wildman–Crippen LogP) is 3.66. The molecule has 13 heavy (non-hydrogen) atoms. The molecular formula is C12H15F. The minimum absolute atomic E-state index is 0.0842. The lowest BCUT2D eigenvalue weighted by molar-refractivity contribution is 0.531. The van der Waals surface area contributed by atoms with E-state index in [1.54, 1.807) is 12.1 Å². The predicted molar refractivity (Wildman–Crippen MR) is 52.4 cm³/mol. The third kappa shape index (κ3) is 1.60. The Morgan fingerprint density at radius 3 is 3.08 bits per heavy atom. The van der Waals surface area contributed by atoms with Crippen LogP contribution in [-0.4, -0.2) is 0 Å². The summed E-state index contributed by atoms with van der Waals surface area (Å²) in [4.78, 5) is 0. The molecule has 0 N–H and O–H groups in total. The van der Waals surface area contributed by atoms with E-state index >= 15 is 0 Å². The zero-order valence-corrected chi connectivity index (χ0v) is 8.02. The Hall–Kier alpha value is -0.850. The van der Waals surface area contributed by atoms with Gasteiger partial charge < -0.3 is 0 Å². The summed E-state index contributed by atoms with van der Waals surface area (Å²) in [5.41, 5.74) is 2.62. The zero-order chi connectivity index (χ0) is 9.26. The summed E-state index contributed by atoms with van der Waals surface area (Å²) in [5.74, 6) is 0.513. The first kappa shape index (κ1) is 8.74. The van der Waals surface area contributed by atoms with E-state index in [1.807, 2.05) is 6.07 Å². The molecule has 0 aliphatic heterocycles. The first-order chi connectivity index (χ1) is 6.31. The molecule has 0 spiro atoms. The smallest absolute Gasteiger partial charge is 0.123 e. The van der Waals surface area contributed by atoms with E-state index in [2.05, 4.69) is 6.92 Å². The van der Waals surface area contributed by atoms with Gasteiger partial charge in [0.15, 0.2) is 0 Å². The van der Waals surface area contributed by atoms with Crippen molar-refractivity contribution in [2.24, 2.45) is 0 Å². The summed E-state index contributed by atoms with van der Waals surface area (Å²) < 4.78 is 13.0. The Morgan fingerprint density at radius 2 is 2.31 bits per heavy atom. The van der Waals surface area contributed by atoms with Gasteiger partial charge in [0, 0.05) is 0 Å². The Kier molecular flexibility index (Phi) is 2.34. The lowest BCUT2D eigenvalue weighted by Gasteiger charge is -2.24. The second-order valence-corrected chi connectivity index (χ2v) is 3.84. The van der Waals surface area contributed by atoms with Crippen LogP contribution in [0.1, 0.15) is 43.2 Å². The average Bonchev–Trinajstić information content (AvgIpc) is 2.17. The van der Waals surface area contributed by atoms with Crippen LogP contribution in [0.15, 0.2) is 18.2 Å².